The number of carbonyl (C=O) groups excluding carboxylic acids is 1. The summed E-state index contributed by atoms with van der Waals surface area (Å²) in [5.41, 5.74) is 4.60. The topological polar surface area (TPSA) is 55.1 Å². The molecule has 2 atom stereocenters. The molecule has 20 heavy (non-hydrogen) atoms. The zero-order chi connectivity index (χ0) is 14.7. The van der Waals surface area contributed by atoms with Crippen molar-refractivity contribution in [3.05, 3.63) is 29.3 Å². The predicted octanol–water partition coefficient (Wildman–Crippen LogP) is 3.10. The molecule has 3 N–H and O–H groups in total. The third-order valence-corrected chi connectivity index (χ3v) is 4.16. The number of hydrogen-bond acceptors (Lipinski definition) is 2. The van der Waals surface area contributed by atoms with E-state index in [0.29, 0.717) is 18.4 Å². The van der Waals surface area contributed by atoms with Crippen LogP contribution < -0.4 is 11.1 Å². The Morgan fingerprint density at radius 3 is 2.50 bits per heavy atom. The van der Waals surface area contributed by atoms with Crippen LogP contribution in [0, 0.1) is 23.5 Å². The van der Waals surface area contributed by atoms with Gasteiger partial charge in [0.1, 0.15) is 17.3 Å². The molecule has 3 nitrogen and oxygen atoms in total. The number of nitrogens with two attached hydrogens (primary N) is 1. The maximum Gasteiger partial charge on any atom is 0.251 e. The van der Waals surface area contributed by atoms with Crippen molar-refractivity contribution >= 4 is 11.6 Å². The van der Waals surface area contributed by atoms with Crippen molar-refractivity contribution in [2.24, 2.45) is 11.8 Å². The van der Waals surface area contributed by atoms with Crippen LogP contribution in [0.15, 0.2) is 12.1 Å². The Morgan fingerprint density at radius 1 is 1.30 bits per heavy atom. The molecule has 0 spiro atoms. The molecule has 1 aromatic rings. The van der Waals surface area contributed by atoms with Crippen molar-refractivity contribution in [3.63, 3.8) is 0 Å². The van der Waals surface area contributed by atoms with Gasteiger partial charge < -0.3 is 11.1 Å². The van der Waals surface area contributed by atoms with Crippen LogP contribution in [0.4, 0.5) is 14.5 Å². The molecule has 0 radical (unpaired) electrons. The zero-order valence-corrected chi connectivity index (χ0v) is 11.6. The molecule has 1 fully saturated rings. The van der Waals surface area contributed by atoms with E-state index >= 15 is 0 Å². The van der Waals surface area contributed by atoms with Gasteiger partial charge in [-0.15, -0.1) is 0 Å². The highest BCUT2D eigenvalue weighted by molar-refractivity contribution is 5.94. The first-order chi connectivity index (χ1) is 9.49. The van der Waals surface area contributed by atoms with Crippen LogP contribution >= 0.6 is 0 Å². The van der Waals surface area contributed by atoms with Gasteiger partial charge in [-0.1, -0.05) is 26.2 Å². The lowest BCUT2D eigenvalue weighted by molar-refractivity contribution is 0.0935. The minimum atomic E-state index is -0.902. The molecule has 5 heteroatoms. The Morgan fingerprint density at radius 2 is 1.90 bits per heavy atom. The quantitative estimate of drug-likeness (QED) is 0.837. The molecule has 0 aromatic heterocycles. The van der Waals surface area contributed by atoms with Crippen LogP contribution in [0.2, 0.25) is 0 Å². The average Bonchev–Trinajstić information content (AvgIpc) is 2.43. The van der Waals surface area contributed by atoms with Gasteiger partial charge in [-0.25, -0.2) is 8.78 Å². The lowest BCUT2D eigenvalue weighted by Gasteiger charge is -2.28. The fourth-order valence-electron chi connectivity index (χ4n) is 2.74. The molecule has 110 valence electrons. The monoisotopic (exact) mass is 282 g/mol. The first-order valence-corrected chi connectivity index (χ1v) is 7.01. The van der Waals surface area contributed by atoms with Gasteiger partial charge in [-0.05, 0) is 30.4 Å². The van der Waals surface area contributed by atoms with Crippen LogP contribution in [-0.4, -0.2) is 12.5 Å². The molecular formula is C15H20F2N2O. The number of rotatable bonds is 3. The first kappa shape index (κ1) is 14.8. The lowest BCUT2D eigenvalue weighted by Crippen LogP contribution is -2.33. The Hall–Kier alpha value is -1.65. The van der Waals surface area contributed by atoms with Crippen molar-refractivity contribution in [1.29, 1.82) is 0 Å². The number of benzene rings is 1. The molecule has 1 aromatic carbocycles. The van der Waals surface area contributed by atoms with E-state index in [0.717, 1.165) is 18.6 Å². The smallest absolute Gasteiger partial charge is 0.251 e. The minimum Gasteiger partial charge on any atom is -0.394 e. The number of hydrogen-bond donors (Lipinski definition) is 2. The SMILES string of the molecule is CC1CCCCC1CNC(=O)c1cc(F)c(N)c(F)c1. The molecule has 0 aliphatic heterocycles. The van der Waals surface area contributed by atoms with Crippen LogP contribution in [-0.2, 0) is 0 Å². The highest BCUT2D eigenvalue weighted by Gasteiger charge is 2.22. The summed E-state index contributed by atoms with van der Waals surface area (Å²) in [4.78, 5) is 11.9. The number of anilines is 1. The number of halogens is 2. The molecule has 2 rings (SSSR count). The number of nitrogens with one attached hydrogen (secondary N) is 1. The summed E-state index contributed by atoms with van der Waals surface area (Å²) in [6.45, 7) is 2.73. The fourth-order valence-corrected chi connectivity index (χ4v) is 2.74. The number of nitrogen functional groups attached to an aromatic ring is 1. The lowest BCUT2D eigenvalue weighted by atomic mass is 9.80. The second-order valence-corrected chi connectivity index (χ2v) is 5.59. The molecule has 1 saturated carbocycles. The second kappa shape index (κ2) is 6.20. The van der Waals surface area contributed by atoms with Gasteiger partial charge in [-0.2, -0.15) is 0 Å². The van der Waals surface area contributed by atoms with Crippen LogP contribution in [0.25, 0.3) is 0 Å². The summed E-state index contributed by atoms with van der Waals surface area (Å²) >= 11 is 0. The van der Waals surface area contributed by atoms with E-state index in [1.807, 2.05) is 0 Å². The molecule has 0 bridgehead atoms. The van der Waals surface area contributed by atoms with E-state index in [4.69, 9.17) is 5.73 Å². The van der Waals surface area contributed by atoms with Gasteiger partial charge in [0.2, 0.25) is 0 Å². The zero-order valence-electron chi connectivity index (χ0n) is 11.6. The Balaban J connectivity index is 1.98. The van der Waals surface area contributed by atoms with Gasteiger partial charge in [0.05, 0.1) is 0 Å². The van der Waals surface area contributed by atoms with E-state index in [1.54, 1.807) is 0 Å². The predicted molar refractivity (Wildman–Crippen MR) is 74.2 cm³/mol. The molecule has 2 unspecified atom stereocenters. The fraction of sp³-hybridized carbons (Fsp3) is 0.533. The molecule has 1 aliphatic rings. The standard InChI is InChI=1S/C15H20F2N2O/c1-9-4-2-3-5-10(9)8-19-15(20)11-6-12(16)14(18)13(17)7-11/h6-7,9-10H,2-5,8,18H2,1H3,(H,19,20). The molecule has 1 amide bonds. The van der Waals surface area contributed by atoms with Crippen molar-refractivity contribution in [1.82, 2.24) is 5.32 Å². The molecule has 0 saturated heterocycles. The van der Waals surface area contributed by atoms with Crippen molar-refractivity contribution < 1.29 is 13.6 Å². The highest BCUT2D eigenvalue weighted by atomic mass is 19.1. The van der Waals surface area contributed by atoms with Gasteiger partial charge in [0, 0.05) is 12.1 Å². The third-order valence-electron chi connectivity index (χ3n) is 4.16. The van der Waals surface area contributed by atoms with E-state index in [2.05, 4.69) is 12.2 Å². The van der Waals surface area contributed by atoms with Crippen molar-refractivity contribution in [2.45, 2.75) is 32.6 Å². The third kappa shape index (κ3) is 3.26. The number of amides is 1. The van der Waals surface area contributed by atoms with Gasteiger partial charge >= 0.3 is 0 Å². The molecule has 1 aliphatic carbocycles. The van der Waals surface area contributed by atoms with E-state index in [1.165, 1.54) is 19.3 Å². The van der Waals surface area contributed by atoms with Gasteiger partial charge in [0.25, 0.3) is 5.91 Å². The summed E-state index contributed by atoms with van der Waals surface area (Å²) in [5, 5.41) is 2.76. The molecular weight excluding hydrogens is 262 g/mol. The van der Waals surface area contributed by atoms with Gasteiger partial charge in [-0.3, -0.25) is 4.79 Å². The summed E-state index contributed by atoms with van der Waals surface area (Å²) in [6, 6.07) is 1.94. The largest absolute Gasteiger partial charge is 0.394 e. The molecule has 0 heterocycles. The van der Waals surface area contributed by atoms with Crippen LogP contribution in [0.5, 0.6) is 0 Å². The average molecular weight is 282 g/mol. The first-order valence-electron chi connectivity index (χ1n) is 7.01. The summed E-state index contributed by atoms with van der Waals surface area (Å²) in [6.07, 6.45) is 4.67. The number of carbonyl (C=O) groups is 1. The summed E-state index contributed by atoms with van der Waals surface area (Å²) in [7, 11) is 0. The highest BCUT2D eigenvalue weighted by Crippen LogP contribution is 2.29. The normalized spacial score (nSPS) is 22.6. The van der Waals surface area contributed by atoms with E-state index in [9.17, 15) is 13.6 Å². The van der Waals surface area contributed by atoms with Crippen LogP contribution in [0.3, 0.4) is 0 Å². The van der Waals surface area contributed by atoms with Crippen molar-refractivity contribution in [3.8, 4) is 0 Å². The maximum atomic E-state index is 13.3. The summed E-state index contributed by atoms with van der Waals surface area (Å²) in [5.74, 6) is -1.25. The maximum absolute atomic E-state index is 13.3. The minimum absolute atomic E-state index is 0.0299. The Labute approximate surface area is 117 Å². The summed E-state index contributed by atoms with van der Waals surface area (Å²) < 4.78 is 26.6. The van der Waals surface area contributed by atoms with E-state index in [-0.39, 0.29) is 5.56 Å². The van der Waals surface area contributed by atoms with E-state index < -0.39 is 23.2 Å². The Kier molecular flexibility index (Phi) is 4.57. The van der Waals surface area contributed by atoms with Crippen molar-refractivity contribution in [2.75, 3.05) is 12.3 Å². The van der Waals surface area contributed by atoms with Crippen LogP contribution in [0.1, 0.15) is 43.0 Å². The van der Waals surface area contributed by atoms with Gasteiger partial charge in [0.15, 0.2) is 0 Å². The Bertz CT molecular complexity index is 482. The second-order valence-electron chi connectivity index (χ2n) is 5.59.